The number of rotatable bonds is 6. The molecule has 0 aliphatic heterocycles. The van der Waals surface area contributed by atoms with Crippen LogP contribution in [-0.4, -0.2) is 17.5 Å². The lowest BCUT2D eigenvalue weighted by molar-refractivity contribution is 0.102. The van der Waals surface area contributed by atoms with E-state index in [1.165, 1.54) is 22.5 Å². The number of hydrogen-bond acceptors (Lipinski definition) is 4. The van der Waals surface area contributed by atoms with Gasteiger partial charge in [0.2, 0.25) is 0 Å². The quantitative estimate of drug-likeness (QED) is 0.440. The van der Waals surface area contributed by atoms with Crippen molar-refractivity contribution in [3.8, 4) is 5.75 Å². The summed E-state index contributed by atoms with van der Waals surface area (Å²) in [6, 6.07) is 20.2. The van der Waals surface area contributed by atoms with Crippen LogP contribution in [0.2, 0.25) is 0 Å². The average molecular weight is 403 g/mol. The van der Waals surface area contributed by atoms with E-state index in [1.54, 1.807) is 12.3 Å². The molecule has 4 aromatic rings. The largest absolute Gasteiger partial charge is 0.490 e. The Morgan fingerprint density at radius 1 is 1.07 bits per heavy atom. The van der Waals surface area contributed by atoms with Gasteiger partial charge >= 0.3 is 0 Å². The number of anilines is 1. The first-order chi connectivity index (χ1) is 14.2. The second-order valence-electron chi connectivity index (χ2n) is 6.81. The highest BCUT2D eigenvalue weighted by molar-refractivity contribution is 7.21. The molecule has 0 aliphatic carbocycles. The second kappa shape index (κ2) is 8.45. The molecule has 1 amide bonds. The minimum Gasteiger partial charge on any atom is -0.490 e. The highest BCUT2D eigenvalue weighted by Crippen LogP contribution is 2.34. The van der Waals surface area contributed by atoms with Crippen LogP contribution in [0.3, 0.4) is 0 Å². The van der Waals surface area contributed by atoms with Gasteiger partial charge < -0.3 is 10.1 Å². The van der Waals surface area contributed by atoms with Gasteiger partial charge in [-0.15, -0.1) is 11.3 Å². The minimum absolute atomic E-state index is 0.159. The number of amides is 1. The molecule has 0 unspecified atom stereocenters. The Morgan fingerprint density at radius 2 is 1.86 bits per heavy atom. The van der Waals surface area contributed by atoms with Crippen LogP contribution >= 0.6 is 11.3 Å². The smallest absolute Gasteiger partial charge is 0.267 e. The number of carbonyl (C=O) groups is 1. The number of carbonyl (C=O) groups excluding carboxylic acids is 1. The molecule has 0 saturated heterocycles. The monoisotopic (exact) mass is 402 g/mol. The molecule has 2 heterocycles. The third kappa shape index (κ3) is 4.15. The lowest BCUT2D eigenvalue weighted by Crippen LogP contribution is -2.14. The molecule has 0 fully saturated rings. The first kappa shape index (κ1) is 19.2. The maximum atomic E-state index is 13.2. The van der Waals surface area contributed by atoms with Gasteiger partial charge in [-0.1, -0.05) is 48.0 Å². The number of aromatic nitrogens is 1. The first-order valence-electron chi connectivity index (χ1n) is 9.61. The van der Waals surface area contributed by atoms with Gasteiger partial charge in [0.05, 0.1) is 11.5 Å². The summed E-state index contributed by atoms with van der Waals surface area (Å²) in [5.41, 5.74) is 3.45. The normalized spacial score (nSPS) is 10.8. The molecule has 29 heavy (non-hydrogen) atoms. The van der Waals surface area contributed by atoms with Crippen LogP contribution in [0.5, 0.6) is 5.75 Å². The van der Waals surface area contributed by atoms with E-state index in [2.05, 4.69) is 53.6 Å². The van der Waals surface area contributed by atoms with E-state index in [0.29, 0.717) is 29.5 Å². The Balaban J connectivity index is 1.71. The first-order valence-corrected chi connectivity index (χ1v) is 10.4. The van der Waals surface area contributed by atoms with Gasteiger partial charge in [-0.25, -0.2) is 4.98 Å². The zero-order valence-electron chi connectivity index (χ0n) is 16.4. The second-order valence-corrected chi connectivity index (χ2v) is 7.86. The molecular formula is C24H22N2O2S. The van der Waals surface area contributed by atoms with E-state index in [1.807, 2.05) is 25.1 Å². The fourth-order valence-corrected chi connectivity index (χ4v) is 4.41. The molecular weight excluding hydrogens is 380 g/mol. The molecule has 146 valence electrons. The number of nitrogens with zero attached hydrogens (tertiary/aromatic N) is 1. The van der Waals surface area contributed by atoms with Gasteiger partial charge in [0.1, 0.15) is 0 Å². The van der Waals surface area contributed by atoms with Gasteiger partial charge in [-0.3, -0.25) is 4.79 Å². The fraction of sp³-hybridized carbons (Fsp3) is 0.167. The number of fused-ring (bicyclic) bond motifs is 1. The van der Waals surface area contributed by atoms with Crippen molar-refractivity contribution < 1.29 is 9.53 Å². The Morgan fingerprint density at radius 3 is 2.66 bits per heavy atom. The fourth-order valence-electron chi connectivity index (χ4n) is 3.29. The molecule has 2 aromatic carbocycles. The summed E-state index contributed by atoms with van der Waals surface area (Å²) < 4.78 is 6.70. The van der Waals surface area contributed by atoms with E-state index >= 15 is 0 Å². The van der Waals surface area contributed by atoms with Gasteiger partial charge in [0.25, 0.3) is 5.91 Å². The van der Waals surface area contributed by atoms with Crippen molar-refractivity contribution in [2.45, 2.75) is 20.3 Å². The van der Waals surface area contributed by atoms with E-state index in [-0.39, 0.29) is 5.91 Å². The summed E-state index contributed by atoms with van der Waals surface area (Å²) in [6.45, 7) is 4.49. The van der Waals surface area contributed by atoms with Crippen molar-refractivity contribution >= 4 is 33.1 Å². The van der Waals surface area contributed by atoms with E-state index < -0.39 is 0 Å². The highest BCUT2D eigenvalue weighted by Gasteiger charge is 2.20. The Kier molecular flexibility index (Phi) is 5.58. The van der Waals surface area contributed by atoms with Gasteiger partial charge in [0, 0.05) is 10.9 Å². The van der Waals surface area contributed by atoms with Crippen molar-refractivity contribution in [2.24, 2.45) is 0 Å². The predicted molar refractivity (Wildman–Crippen MR) is 119 cm³/mol. The van der Waals surface area contributed by atoms with Crippen LogP contribution in [0.25, 0.3) is 10.1 Å². The van der Waals surface area contributed by atoms with Crippen molar-refractivity contribution in [3.05, 3.63) is 88.4 Å². The van der Waals surface area contributed by atoms with Gasteiger partial charge in [0.15, 0.2) is 11.6 Å². The summed E-state index contributed by atoms with van der Waals surface area (Å²) in [7, 11) is 0. The number of ether oxygens (including phenoxy) is 1. The van der Waals surface area contributed by atoms with Crippen molar-refractivity contribution in [1.29, 1.82) is 0 Å². The molecule has 4 nitrogen and oxygen atoms in total. The zero-order chi connectivity index (χ0) is 20.2. The van der Waals surface area contributed by atoms with Gasteiger partial charge in [-0.2, -0.15) is 0 Å². The summed E-state index contributed by atoms with van der Waals surface area (Å²) in [4.78, 5) is 18.2. The third-order valence-electron chi connectivity index (χ3n) is 4.71. The highest BCUT2D eigenvalue weighted by atomic mass is 32.1. The molecule has 2 aromatic heterocycles. The predicted octanol–water partition coefficient (Wildman–Crippen LogP) is 5.85. The maximum Gasteiger partial charge on any atom is 0.267 e. The molecule has 4 rings (SSSR count). The van der Waals surface area contributed by atoms with E-state index in [9.17, 15) is 4.79 Å². The SMILES string of the molecule is CCOc1cccnc1NC(=O)c1sc2ccccc2c1Cc1ccc(C)cc1. The standard InChI is InChI=1S/C24H22N2O2S/c1-3-28-20-8-6-14-25-23(20)26-24(27)22-19(15-17-12-10-16(2)11-13-17)18-7-4-5-9-21(18)29-22/h4-14H,3,15H2,1-2H3,(H,25,26,27). The van der Waals surface area contributed by atoms with E-state index in [4.69, 9.17) is 4.74 Å². The number of pyridine rings is 1. The number of nitrogens with one attached hydrogen (secondary N) is 1. The summed E-state index contributed by atoms with van der Waals surface area (Å²) in [5, 5.41) is 4.06. The van der Waals surface area contributed by atoms with Crippen molar-refractivity contribution in [3.63, 3.8) is 0 Å². The molecule has 5 heteroatoms. The Hall–Kier alpha value is -3.18. The molecule has 0 atom stereocenters. The molecule has 0 radical (unpaired) electrons. The molecule has 0 aliphatic rings. The molecule has 0 bridgehead atoms. The number of hydrogen-bond donors (Lipinski definition) is 1. The summed E-state index contributed by atoms with van der Waals surface area (Å²) >= 11 is 1.51. The Bertz CT molecular complexity index is 1150. The third-order valence-corrected chi connectivity index (χ3v) is 5.92. The van der Waals surface area contributed by atoms with Crippen LogP contribution in [-0.2, 0) is 6.42 Å². The van der Waals surface area contributed by atoms with Crippen LogP contribution in [0.1, 0.15) is 33.3 Å². The van der Waals surface area contributed by atoms with Crippen LogP contribution in [0.4, 0.5) is 5.82 Å². The van der Waals surface area contributed by atoms with Crippen LogP contribution in [0, 0.1) is 6.92 Å². The van der Waals surface area contributed by atoms with Crippen molar-refractivity contribution in [1.82, 2.24) is 4.98 Å². The number of aryl methyl sites for hydroxylation is 1. The number of benzene rings is 2. The lowest BCUT2D eigenvalue weighted by atomic mass is 10.0. The zero-order valence-corrected chi connectivity index (χ0v) is 17.3. The van der Waals surface area contributed by atoms with E-state index in [0.717, 1.165) is 15.6 Å². The summed E-state index contributed by atoms with van der Waals surface area (Å²) in [6.07, 6.45) is 2.35. The van der Waals surface area contributed by atoms with Crippen LogP contribution < -0.4 is 10.1 Å². The minimum atomic E-state index is -0.159. The topological polar surface area (TPSA) is 51.2 Å². The number of thiophene rings is 1. The molecule has 0 spiro atoms. The van der Waals surface area contributed by atoms with Gasteiger partial charge in [-0.05, 0) is 55.0 Å². The lowest BCUT2D eigenvalue weighted by Gasteiger charge is -2.10. The maximum absolute atomic E-state index is 13.2. The van der Waals surface area contributed by atoms with Crippen LogP contribution in [0.15, 0.2) is 66.9 Å². The van der Waals surface area contributed by atoms with Crippen molar-refractivity contribution in [2.75, 3.05) is 11.9 Å². The molecule has 1 N–H and O–H groups in total. The molecule has 0 saturated carbocycles. The Labute approximate surface area is 174 Å². The summed E-state index contributed by atoms with van der Waals surface area (Å²) in [5.74, 6) is 0.857. The average Bonchev–Trinajstić information content (AvgIpc) is 3.10.